The molecule has 1 saturated carbocycles. The van der Waals surface area contributed by atoms with Crippen molar-refractivity contribution in [1.82, 2.24) is 9.80 Å². The normalized spacial score (nSPS) is 21.1. The topological polar surface area (TPSA) is 60.9 Å². The Kier molecular flexibility index (Phi) is 4.90. The van der Waals surface area contributed by atoms with Crippen LogP contribution in [0.1, 0.15) is 43.4 Å². The standard InChI is InChI=1S/C19H26N2O3/c1-13(22)21-10-9-14-5-3-4-6-16(14)17(21)11-19(24)20(2)12-18(23)15-7-8-15/h3-6,15,17-18,23H,7-12H2,1-2H3. The number of amides is 2. The number of aliphatic hydroxyl groups excluding tert-OH is 1. The van der Waals surface area contributed by atoms with E-state index in [1.165, 1.54) is 5.56 Å². The molecule has 0 saturated heterocycles. The van der Waals surface area contributed by atoms with Crippen LogP contribution < -0.4 is 0 Å². The molecule has 2 unspecified atom stereocenters. The summed E-state index contributed by atoms with van der Waals surface area (Å²) in [5, 5.41) is 10.1. The van der Waals surface area contributed by atoms with Crippen molar-refractivity contribution in [1.29, 1.82) is 0 Å². The Labute approximate surface area is 143 Å². The van der Waals surface area contributed by atoms with E-state index in [0.717, 1.165) is 24.8 Å². The number of nitrogens with zero attached hydrogens (tertiary/aromatic N) is 2. The summed E-state index contributed by atoms with van der Waals surface area (Å²) in [6, 6.07) is 7.84. The monoisotopic (exact) mass is 330 g/mol. The number of likely N-dealkylation sites (N-methyl/N-ethyl adjacent to an activating group) is 1. The van der Waals surface area contributed by atoms with E-state index in [9.17, 15) is 14.7 Å². The Hall–Kier alpha value is -1.88. The highest BCUT2D eigenvalue weighted by Gasteiger charge is 2.34. The van der Waals surface area contributed by atoms with E-state index in [4.69, 9.17) is 0 Å². The molecular formula is C19H26N2O3. The molecule has 0 spiro atoms. The summed E-state index contributed by atoms with van der Waals surface area (Å²) in [6.45, 7) is 2.59. The van der Waals surface area contributed by atoms with Gasteiger partial charge in [0.05, 0.1) is 18.6 Å². The molecule has 0 bridgehead atoms. The Bertz CT molecular complexity index is 627. The fourth-order valence-electron chi connectivity index (χ4n) is 3.58. The van der Waals surface area contributed by atoms with Crippen LogP contribution in [0.5, 0.6) is 0 Å². The van der Waals surface area contributed by atoms with Gasteiger partial charge < -0.3 is 14.9 Å². The van der Waals surface area contributed by atoms with Gasteiger partial charge in [-0.1, -0.05) is 24.3 Å². The summed E-state index contributed by atoms with van der Waals surface area (Å²) < 4.78 is 0. The maximum atomic E-state index is 12.6. The molecule has 1 aromatic carbocycles. The lowest BCUT2D eigenvalue weighted by atomic mass is 9.90. The average molecular weight is 330 g/mol. The van der Waals surface area contributed by atoms with Gasteiger partial charge in [0.15, 0.2) is 0 Å². The van der Waals surface area contributed by atoms with Crippen molar-refractivity contribution < 1.29 is 14.7 Å². The molecule has 2 amide bonds. The number of fused-ring (bicyclic) bond motifs is 1. The van der Waals surface area contributed by atoms with Crippen LogP contribution in [0, 0.1) is 5.92 Å². The van der Waals surface area contributed by atoms with Crippen LogP contribution in [0.15, 0.2) is 24.3 Å². The molecule has 1 aromatic rings. The van der Waals surface area contributed by atoms with Crippen LogP contribution in [0.25, 0.3) is 0 Å². The van der Waals surface area contributed by atoms with E-state index in [1.54, 1.807) is 23.8 Å². The largest absolute Gasteiger partial charge is 0.391 e. The van der Waals surface area contributed by atoms with Crippen molar-refractivity contribution in [2.45, 2.75) is 44.8 Å². The molecule has 0 radical (unpaired) electrons. The molecule has 24 heavy (non-hydrogen) atoms. The number of hydrogen-bond acceptors (Lipinski definition) is 3. The highest BCUT2D eigenvalue weighted by Crippen LogP contribution is 2.34. The molecule has 5 nitrogen and oxygen atoms in total. The number of aliphatic hydroxyl groups is 1. The predicted molar refractivity (Wildman–Crippen MR) is 91.3 cm³/mol. The van der Waals surface area contributed by atoms with Crippen LogP contribution in [-0.4, -0.2) is 53.0 Å². The van der Waals surface area contributed by atoms with E-state index >= 15 is 0 Å². The van der Waals surface area contributed by atoms with Gasteiger partial charge >= 0.3 is 0 Å². The van der Waals surface area contributed by atoms with Crippen molar-refractivity contribution in [2.75, 3.05) is 20.1 Å². The predicted octanol–water partition coefficient (Wildman–Crippen LogP) is 1.75. The fourth-order valence-corrected chi connectivity index (χ4v) is 3.58. The minimum Gasteiger partial charge on any atom is -0.391 e. The van der Waals surface area contributed by atoms with Crippen molar-refractivity contribution in [3.05, 3.63) is 35.4 Å². The van der Waals surface area contributed by atoms with Gasteiger partial charge in [0.2, 0.25) is 11.8 Å². The third-order valence-corrected chi connectivity index (χ3v) is 5.24. The van der Waals surface area contributed by atoms with Crippen molar-refractivity contribution in [3.8, 4) is 0 Å². The molecule has 2 aliphatic rings. The summed E-state index contributed by atoms with van der Waals surface area (Å²) in [7, 11) is 1.74. The van der Waals surface area contributed by atoms with Gasteiger partial charge in [-0.15, -0.1) is 0 Å². The fraction of sp³-hybridized carbons (Fsp3) is 0.579. The lowest BCUT2D eigenvalue weighted by Gasteiger charge is -2.37. The van der Waals surface area contributed by atoms with Gasteiger partial charge in [0.1, 0.15) is 0 Å². The van der Waals surface area contributed by atoms with Gasteiger partial charge in [0, 0.05) is 27.1 Å². The molecule has 5 heteroatoms. The van der Waals surface area contributed by atoms with E-state index in [0.29, 0.717) is 19.0 Å². The third-order valence-electron chi connectivity index (χ3n) is 5.24. The van der Waals surface area contributed by atoms with Crippen LogP contribution in [0.2, 0.25) is 0 Å². The first-order valence-electron chi connectivity index (χ1n) is 8.74. The lowest BCUT2D eigenvalue weighted by Crippen LogP contribution is -2.42. The molecular weight excluding hydrogens is 304 g/mol. The smallest absolute Gasteiger partial charge is 0.224 e. The molecule has 3 rings (SSSR count). The summed E-state index contributed by atoms with van der Waals surface area (Å²) in [5.74, 6) is 0.329. The maximum Gasteiger partial charge on any atom is 0.224 e. The van der Waals surface area contributed by atoms with Gasteiger partial charge in [0.25, 0.3) is 0 Å². The average Bonchev–Trinajstić information content (AvgIpc) is 3.39. The second kappa shape index (κ2) is 6.93. The SMILES string of the molecule is CC(=O)N1CCc2ccccc2C1CC(=O)N(C)CC(O)C1CC1. The Balaban J connectivity index is 1.72. The van der Waals surface area contributed by atoms with Gasteiger partial charge in [-0.05, 0) is 36.3 Å². The number of hydrogen-bond donors (Lipinski definition) is 1. The van der Waals surface area contributed by atoms with E-state index in [-0.39, 0.29) is 24.3 Å². The Morgan fingerprint density at radius 2 is 2.04 bits per heavy atom. The maximum absolute atomic E-state index is 12.6. The number of carbonyl (C=O) groups is 2. The zero-order valence-electron chi connectivity index (χ0n) is 14.4. The highest BCUT2D eigenvalue weighted by atomic mass is 16.3. The molecule has 1 fully saturated rings. The molecule has 1 heterocycles. The summed E-state index contributed by atoms with van der Waals surface area (Å²) >= 11 is 0. The summed E-state index contributed by atoms with van der Waals surface area (Å²) in [6.07, 6.45) is 2.77. The molecule has 130 valence electrons. The van der Waals surface area contributed by atoms with Crippen LogP contribution in [0.4, 0.5) is 0 Å². The molecule has 1 N–H and O–H groups in total. The second-order valence-corrected chi connectivity index (χ2v) is 7.06. The quantitative estimate of drug-likeness (QED) is 0.895. The van der Waals surface area contributed by atoms with E-state index in [2.05, 4.69) is 6.07 Å². The van der Waals surface area contributed by atoms with Crippen molar-refractivity contribution in [2.24, 2.45) is 5.92 Å². The number of benzene rings is 1. The zero-order valence-corrected chi connectivity index (χ0v) is 14.4. The van der Waals surface area contributed by atoms with Crippen LogP contribution in [0.3, 0.4) is 0 Å². The van der Waals surface area contributed by atoms with Gasteiger partial charge in [-0.25, -0.2) is 0 Å². The number of carbonyl (C=O) groups excluding carboxylic acids is 2. The van der Waals surface area contributed by atoms with Gasteiger partial charge in [-0.3, -0.25) is 9.59 Å². The first-order chi connectivity index (χ1) is 11.5. The molecule has 2 atom stereocenters. The van der Waals surface area contributed by atoms with Crippen LogP contribution in [-0.2, 0) is 16.0 Å². The van der Waals surface area contributed by atoms with E-state index in [1.807, 2.05) is 18.2 Å². The summed E-state index contributed by atoms with van der Waals surface area (Å²) in [5.41, 5.74) is 2.29. The van der Waals surface area contributed by atoms with Crippen molar-refractivity contribution in [3.63, 3.8) is 0 Å². The van der Waals surface area contributed by atoms with E-state index < -0.39 is 6.10 Å². The molecule has 1 aliphatic carbocycles. The van der Waals surface area contributed by atoms with Crippen molar-refractivity contribution >= 4 is 11.8 Å². The molecule has 0 aromatic heterocycles. The minimum absolute atomic E-state index is 0.00275. The second-order valence-electron chi connectivity index (χ2n) is 7.06. The Morgan fingerprint density at radius 1 is 1.33 bits per heavy atom. The highest BCUT2D eigenvalue weighted by molar-refractivity contribution is 5.79. The van der Waals surface area contributed by atoms with Gasteiger partial charge in [-0.2, -0.15) is 0 Å². The minimum atomic E-state index is -0.429. The third kappa shape index (κ3) is 3.61. The first kappa shape index (κ1) is 17.0. The Morgan fingerprint density at radius 3 is 2.71 bits per heavy atom. The first-order valence-corrected chi connectivity index (χ1v) is 8.74. The lowest BCUT2D eigenvalue weighted by molar-refractivity contribution is -0.136. The zero-order chi connectivity index (χ0) is 17.3. The number of rotatable bonds is 5. The summed E-state index contributed by atoms with van der Waals surface area (Å²) in [4.78, 5) is 28.1. The van der Waals surface area contributed by atoms with Crippen LogP contribution >= 0.6 is 0 Å². The molecule has 1 aliphatic heterocycles.